The van der Waals surface area contributed by atoms with Gasteiger partial charge in [0.1, 0.15) is 29.3 Å². The van der Waals surface area contributed by atoms with Gasteiger partial charge < -0.3 is 29.9 Å². The summed E-state index contributed by atoms with van der Waals surface area (Å²) in [6, 6.07) is 21.2. The van der Waals surface area contributed by atoms with E-state index in [9.17, 15) is 4.79 Å². The Hall–Kier alpha value is -5.20. The van der Waals surface area contributed by atoms with Crippen molar-refractivity contribution in [3.63, 3.8) is 0 Å². The van der Waals surface area contributed by atoms with Gasteiger partial charge in [0.15, 0.2) is 11.6 Å². The molecule has 2 aromatic carbocycles. The van der Waals surface area contributed by atoms with E-state index < -0.39 is 0 Å². The largest absolute Gasteiger partial charge is 0.479 e. The maximum absolute atomic E-state index is 12.4. The number of anilines is 5. The van der Waals surface area contributed by atoms with Crippen molar-refractivity contribution in [2.45, 2.75) is 12.5 Å². The highest BCUT2D eigenvalue weighted by Crippen LogP contribution is 2.38. The Kier molecular flexibility index (Phi) is 9.04. The lowest BCUT2D eigenvalue weighted by molar-refractivity contribution is -0.111. The number of hydrogen-bond donors (Lipinski definition) is 2. The number of benzene rings is 2. The Labute approximate surface area is 262 Å². The van der Waals surface area contributed by atoms with Gasteiger partial charge in [0, 0.05) is 38.7 Å². The molecule has 12 heteroatoms. The number of piperazine rings is 1. The minimum absolute atomic E-state index is 0.0770. The molecule has 1 unspecified atom stereocenters. The summed E-state index contributed by atoms with van der Waals surface area (Å²) in [4.78, 5) is 36.6. The third-order valence-corrected chi connectivity index (χ3v) is 7.67. The number of nitrogens with one attached hydrogen (secondary N) is 2. The van der Waals surface area contributed by atoms with Crippen LogP contribution in [0.4, 0.5) is 28.8 Å². The normalized spacial score (nSPS) is 16.7. The fourth-order valence-electron chi connectivity index (χ4n) is 5.35. The number of para-hydroxylation sites is 1. The molecule has 232 valence electrons. The molecule has 6 rings (SSSR count). The minimum Gasteiger partial charge on any atom is -0.479 e. The van der Waals surface area contributed by atoms with Crippen LogP contribution in [-0.2, 0) is 9.63 Å². The summed E-state index contributed by atoms with van der Waals surface area (Å²) in [6.45, 7) is 7.44. The highest BCUT2D eigenvalue weighted by atomic mass is 16.7. The van der Waals surface area contributed by atoms with Gasteiger partial charge in [-0.1, -0.05) is 36.9 Å². The van der Waals surface area contributed by atoms with Crippen molar-refractivity contribution >= 4 is 34.7 Å². The van der Waals surface area contributed by atoms with Gasteiger partial charge >= 0.3 is 0 Å². The number of amides is 1. The van der Waals surface area contributed by atoms with Crippen molar-refractivity contribution in [2.75, 3.05) is 67.5 Å². The quantitative estimate of drug-likeness (QED) is 0.232. The van der Waals surface area contributed by atoms with Gasteiger partial charge in [-0.05, 0) is 49.0 Å². The number of rotatable bonds is 10. The number of methoxy groups -OCH3 is 1. The highest BCUT2D eigenvalue weighted by Gasteiger charge is 2.30. The molecule has 45 heavy (non-hydrogen) atoms. The number of pyridine rings is 1. The van der Waals surface area contributed by atoms with Crippen LogP contribution < -0.4 is 30.1 Å². The smallest absolute Gasteiger partial charge is 0.247 e. The van der Waals surface area contributed by atoms with Gasteiger partial charge in [0.05, 0.1) is 25.4 Å². The van der Waals surface area contributed by atoms with E-state index in [1.807, 2.05) is 48.5 Å². The number of carbonyl (C=O) groups excluding carboxylic acids is 1. The summed E-state index contributed by atoms with van der Waals surface area (Å²) >= 11 is 0. The van der Waals surface area contributed by atoms with Crippen molar-refractivity contribution in [1.29, 1.82) is 0 Å². The van der Waals surface area contributed by atoms with E-state index in [0.717, 1.165) is 49.7 Å². The summed E-state index contributed by atoms with van der Waals surface area (Å²) in [6.07, 6.45) is 3.49. The van der Waals surface area contributed by atoms with Gasteiger partial charge in [0.2, 0.25) is 11.8 Å². The zero-order valence-corrected chi connectivity index (χ0v) is 25.3. The third kappa shape index (κ3) is 6.97. The summed E-state index contributed by atoms with van der Waals surface area (Å²) in [5.41, 5.74) is 2.12. The van der Waals surface area contributed by atoms with Gasteiger partial charge in [-0.2, -0.15) is 4.98 Å². The van der Waals surface area contributed by atoms with Gasteiger partial charge in [-0.15, -0.1) is 0 Å². The van der Waals surface area contributed by atoms with E-state index in [4.69, 9.17) is 19.3 Å². The molecule has 2 N–H and O–H groups in total. The molecule has 1 atom stereocenters. The van der Waals surface area contributed by atoms with Crippen LogP contribution in [0.1, 0.15) is 18.0 Å². The molecule has 0 bridgehead atoms. The van der Waals surface area contributed by atoms with E-state index in [0.29, 0.717) is 41.3 Å². The fourth-order valence-corrected chi connectivity index (χ4v) is 5.35. The maximum atomic E-state index is 12.4. The predicted octanol–water partition coefficient (Wildman–Crippen LogP) is 5.18. The number of likely N-dealkylation sites (N-methyl/N-ethyl adjacent to an activating group) is 1. The second-order valence-corrected chi connectivity index (χ2v) is 10.7. The fraction of sp³-hybridized carbons (Fsp3) is 0.273. The van der Waals surface area contributed by atoms with Gasteiger partial charge in [-0.3, -0.25) is 9.63 Å². The molecular formula is C33H36N8O4. The number of aromatic nitrogens is 3. The van der Waals surface area contributed by atoms with Crippen LogP contribution in [0, 0.1) is 0 Å². The second-order valence-electron chi connectivity index (χ2n) is 10.7. The predicted molar refractivity (Wildman–Crippen MR) is 173 cm³/mol. The first kappa shape index (κ1) is 29.9. The first-order chi connectivity index (χ1) is 22.0. The number of hydroxylamine groups is 1. The SMILES string of the molecule is C=CC(=O)Nc1cc(Nc2cc(N3OCCC3c3cccc(Oc4ccccc4)c3)ncn2)c(OC)nc1N1CCN(C)CC1. The van der Waals surface area contributed by atoms with E-state index >= 15 is 0 Å². The molecule has 0 saturated carbocycles. The molecule has 0 radical (unpaired) electrons. The second kappa shape index (κ2) is 13.6. The van der Waals surface area contributed by atoms with Crippen molar-refractivity contribution in [3.8, 4) is 17.4 Å². The zero-order valence-electron chi connectivity index (χ0n) is 25.3. The summed E-state index contributed by atoms with van der Waals surface area (Å²) < 4.78 is 11.8. The average molecular weight is 609 g/mol. The minimum atomic E-state index is -0.330. The number of ether oxygens (including phenoxy) is 2. The van der Waals surface area contributed by atoms with Crippen LogP contribution in [0.3, 0.4) is 0 Å². The van der Waals surface area contributed by atoms with Crippen LogP contribution in [-0.4, -0.2) is 72.7 Å². The molecule has 4 heterocycles. The maximum Gasteiger partial charge on any atom is 0.247 e. The molecule has 2 fully saturated rings. The number of carbonyl (C=O) groups is 1. The Balaban J connectivity index is 1.25. The summed E-state index contributed by atoms with van der Waals surface area (Å²) in [5.74, 6) is 3.28. The zero-order chi connectivity index (χ0) is 31.2. The van der Waals surface area contributed by atoms with Gasteiger partial charge in [0.25, 0.3) is 0 Å². The van der Waals surface area contributed by atoms with E-state index in [2.05, 4.69) is 50.1 Å². The molecular weight excluding hydrogens is 572 g/mol. The van der Waals surface area contributed by atoms with Crippen molar-refractivity contribution in [2.24, 2.45) is 0 Å². The topological polar surface area (TPSA) is 117 Å². The molecule has 2 aromatic heterocycles. The average Bonchev–Trinajstić information content (AvgIpc) is 3.57. The molecule has 12 nitrogen and oxygen atoms in total. The Morgan fingerprint density at radius 3 is 2.58 bits per heavy atom. The summed E-state index contributed by atoms with van der Waals surface area (Å²) in [7, 11) is 3.65. The van der Waals surface area contributed by atoms with Crippen LogP contribution in [0.25, 0.3) is 0 Å². The molecule has 2 aliphatic heterocycles. The van der Waals surface area contributed by atoms with E-state index in [-0.39, 0.29) is 11.9 Å². The van der Waals surface area contributed by atoms with Crippen LogP contribution >= 0.6 is 0 Å². The first-order valence-electron chi connectivity index (χ1n) is 14.8. The number of nitrogens with zero attached hydrogens (tertiary/aromatic N) is 6. The first-order valence-corrected chi connectivity index (χ1v) is 14.8. The lowest BCUT2D eigenvalue weighted by Gasteiger charge is -2.34. The molecule has 2 aliphatic rings. The van der Waals surface area contributed by atoms with E-state index in [1.54, 1.807) is 24.3 Å². The summed E-state index contributed by atoms with van der Waals surface area (Å²) in [5, 5.41) is 8.01. The molecule has 4 aromatic rings. The van der Waals surface area contributed by atoms with Crippen LogP contribution in [0.5, 0.6) is 17.4 Å². The third-order valence-electron chi connectivity index (χ3n) is 7.67. The monoisotopic (exact) mass is 608 g/mol. The standard InChI is InChI=1S/C33H36N8O4/c1-4-31(42)37-26-20-27(33(43-3)38-32(26)40-16-14-39(2)15-17-40)36-29-21-30(35-22-34-29)41-28(13-18-44-41)23-9-8-12-25(19-23)45-24-10-6-5-7-11-24/h4-12,19-22,28H,1,13-18H2,2-3H3,(H,37,42)(H,34,35,36). The molecule has 0 spiro atoms. The van der Waals surface area contributed by atoms with Crippen molar-refractivity contribution in [1.82, 2.24) is 19.9 Å². The van der Waals surface area contributed by atoms with Gasteiger partial charge in [-0.25, -0.2) is 15.0 Å². The Morgan fingerprint density at radius 1 is 1.00 bits per heavy atom. The van der Waals surface area contributed by atoms with Crippen molar-refractivity contribution in [3.05, 3.63) is 91.3 Å². The van der Waals surface area contributed by atoms with Crippen molar-refractivity contribution < 1.29 is 19.1 Å². The van der Waals surface area contributed by atoms with Crippen LogP contribution in [0.15, 0.2) is 85.7 Å². The Bertz CT molecular complexity index is 1650. The molecule has 2 saturated heterocycles. The van der Waals surface area contributed by atoms with E-state index in [1.165, 1.54) is 12.4 Å². The number of hydrogen-bond acceptors (Lipinski definition) is 11. The Morgan fingerprint density at radius 2 is 1.80 bits per heavy atom. The molecule has 1 amide bonds. The molecule has 0 aliphatic carbocycles. The lowest BCUT2D eigenvalue weighted by atomic mass is 10.0. The lowest BCUT2D eigenvalue weighted by Crippen LogP contribution is -2.45. The van der Waals surface area contributed by atoms with Crippen LogP contribution in [0.2, 0.25) is 0 Å². The highest BCUT2D eigenvalue weighted by molar-refractivity contribution is 6.01.